The highest BCUT2D eigenvalue weighted by Gasteiger charge is 2.78. The van der Waals surface area contributed by atoms with E-state index in [0.717, 1.165) is 35.2 Å². The third-order valence-corrected chi connectivity index (χ3v) is 9.92. The maximum Gasteiger partial charge on any atom is 0.151 e. The van der Waals surface area contributed by atoms with Gasteiger partial charge in [-0.15, -0.1) is 0 Å². The molecule has 0 radical (unpaired) electrons. The van der Waals surface area contributed by atoms with Crippen molar-refractivity contribution in [1.29, 1.82) is 0 Å². The van der Waals surface area contributed by atoms with Gasteiger partial charge in [0.05, 0.1) is 26.2 Å². The summed E-state index contributed by atoms with van der Waals surface area (Å²) < 4.78 is 13.7. The fourth-order valence-corrected chi connectivity index (χ4v) is 8.51. The number of rotatable bonds is 7. The Bertz CT molecular complexity index is 1160. The summed E-state index contributed by atoms with van der Waals surface area (Å²) in [5.41, 5.74) is 3.96. The van der Waals surface area contributed by atoms with Crippen molar-refractivity contribution in [2.24, 2.45) is 17.8 Å². The van der Waals surface area contributed by atoms with Crippen molar-refractivity contribution in [2.75, 3.05) is 20.2 Å². The van der Waals surface area contributed by atoms with Gasteiger partial charge in [0.1, 0.15) is 24.4 Å². The zero-order valence-corrected chi connectivity index (χ0v) is 21.3. The molecule has 3 aromatic carbocycles. The van der Waals surface area contributed by atoms with Crippen LogP contribution in [0.5, 0.6) is 5.75 Å². The number of hydrogen-bond donors (Lipinski definition) is 0. The largest absolute Gasteiger partial charge is 0.497 e. The first-order chi connectivity index (χ1) is 17.0. The van der Waals surface area contributed by atoms with Gasteiger partial charge < -0.3 is 14.0 Å². The van der Waals surface area contributed by atoms with Crippen molar-refractivity contribution in [1.82, 2.24) is 0 Å². The molecule has 0 N–H and O–H groups in total. The zero-order chi connectivity index (χ0) is 24.1. The number of benzene rings is 3. The van der Waals surface area contributed by atoms with Crippen LogP contribution < -0.4 is 4.74 Å². The van der Waals surface area contributed by atoms with E-state index in [-0.39, 0.29) is 11.1 Å². The Morgan fingerprint density at radius 3 is 2.23 bits per heavy atom. The van der Waals surface area contributed by atoms with E-state index < -0.39 is 0 Å². The first-order valence-electron chi connectivity index (χ1n) is 13.2. The standard InChI is InChI=1S/C32H38NO2/c1-24-20-33(21-25-10-6-4-7-11-25)23-32(27-12-8-5-9-13-27,30-19-18-29(24)31(30,33)2)35-22-26-14-16-28(34-3)17-15-26/h4-17,24,29-30H,18-23H2,1-3H3/q+1/t24-,29+,30+,31-,32+,33-/m1/s1. The van der Waals surface area contributed by atoms with Crippen LogP contribution in [-0.4, -0.2) is 30.2 Å². The highest BCUT2D eigenvalue weighted by Crippen LogP contribution is 2.68. The van der Waals surface area contributed by atoms with Crippen LogP contribution >= 0.6 is 0 Å². The van der Waals surface area contributed by atoms with E-state index in [0.29, 0.717) is 12.5 Å². The third kappa shape index (κ3) is 3.39. The molecule has 3 nitrogen and oxygen atoms in total. The smallest absolute Gasteiger partial charge is 0.151 e. The van der Waals surface area contributed by atoms with Crippen molar-refractivity contribution in [3.05, 3.63) is 102 Å². The second-order valence-electron chi connectivity index (χ2n) is 11.5. The van der Waals surface area contributed by atoms with Crippen LogP contribution in [0.1, 0.15) is 43.4 Å². The summed E-state index contributed by atoms with van der Waals surface area (Å²) in [5, 5.41) is 0. The maximum absolute atomic E-state index is 7.21. The van der Waals surface area contributed by atoms with Crippen LogP contribution in [0, 0.1) is 17.8 Å². The van der Waals surface area contributed by atoms with E-state index in [1.165, 1.54) is 36.1 Å². The van der Waals surface area contributed by atoms with Crippen molar-refractivity contribution in [3.8, 4) is 5.75 Å². The highest BCUT2D eigenvalue weighted by molar-refractivity contribution is 5.31. The fraction of sp³-hybridized carbons (Fsp3) is 0.438. The molecule has 2 aliphatic heterocycles. The molecule has 182 valence electrons. The van der Waals surface area contributed by atoms with E-state index in [1.807, 2.05) is 12.1 Å². The second kappa shape index (κ2) is 8.50. The minimum absolute atomic E-state index is 0.227. The Morgan fingerprint density at radius 1 is 0.857 bits per heavy atom. The molecule has 2 saturated heterocycles. The van der Waals surface area contributed by atoms with E-state index in [1.54, 1.807) is 7.11 Å². The number of nitrogens with zero attached hydrogens (tertiary/aromatic N) is 1. The van der Waals surface area contributed by atoms with Crippen molar-refractivity contribution in [2.45, 2.75) is 51.0 Å². The summed E-state index contributed by atoms with van der Waals surface area (Å²) >= 11 is 0. The van der Waals surface area contributed by atoms with Gasteiger partial charge in [0.15, 0.2) is 5.60 Å². The van der Waals surface area contributed by atoms with Crippen LogP contribution in [0.4, 0.5) is 0 Å². The first-order valence-corrected chi connectivity index (χ1v) is 13.2. The minimum atomic E-state index is -0.278. The predicted octanol–water partition coefficient (Wildman–Crippen LogP) is 6.57. The van der Waals surface area contributed by atoms with Crippen molar-refractivity contribution < 1.29 is 14.0 Å². The Balaban J connectivity index is 1.43. The van der Waals surface area contributed by atoms with Gasteiger partial charge in [-0.05, 0) is 43.0 Å². The summed E-state index contributed by atoms with van der Waals surface area (Å²) in [6, 6.07) is 30.7. The van der Waals surface area contributed by atoms with E-state index in [4.69, 9.17) is 9.47 Å². The molecule has 0 amide bonds. The molecule has 3 heteroatoms. The summed E-state index contributed by atoms with van der Waals surface area (Å²) in [5.74, 6) is 2.91. The summed E-state index contributed by atoms with van der Waals surface area (Å²) in [6.45, 7) is 9.12. The van der Waals surface area contributed by atoms with Gasteiger partial charge in [-0.2, -0.15) is 0 Å². The van der Waals surface area contributed by atoms with Gasteiger partial charge in [-0.1, -0.05) is 79.7 Å². The molecule has 6 rings (SSSR count). The zero-order valence-electron chi connectivity index (χ0n) is 21.3. The fourth-order valence-electron chi connectivity index (χ4n) is 8.51. The first kappa shape index (κ1) is 22.8. The third-order valence-electron chi connectivity index (χ3n) is 9.92. The molecule has 3 aromatic rings. The van der Waals surface area contributed by atoms with Crippen molar-refractivity contribution >= 4 is 0 Å². The normalized spacial score (nSPS) is 35.2. The van der Waals surface area contributed by atoms with Crippen LogP contribution in [0.15, 0.2) is 84.9 Å². The minimum Gasteiger partial charge on any atom is -0.497 e. The number of ether oxygens (including phenoxy) is 2. The molecule has 2 heterocycles. The molecule has 1 aliphatic carbocycles. The molecule has 35 heavy (non-hydrogen) atoms. The lowest BCUT2D eigenvalue weighted by molar-refractivity contribution is -0.968. The van der Waals surface area contributed by atoms with Gasteiger partial charge in [0.25, 0.3) is 0 Å². The molecule has 0 unspecified atom stereocenters. The summed E-state index contributed by atoms with van der Waals surface area (Å²) in [6.07, 6.45) is 2.56. The molecule has 3 aliphatic rings. The van der Waals surface area contributed by atoms with E-state index in [2.05, 4.69) is 86.6 Å². The topological polar surface area (TPSA) is 18.5 Å². The SMILES string of the molecule is COc1ccc(CO[C@]2(c3ccccc3)C[N@+]3(Cc4ccccc4)C[C@@H](C)[C@@H]4CC[C@H]2[C@@]43C)cc1. The average Bonchev–Trinajstić information content (AvgIpc) is 3.44. The number of methoxy groups -OCH3 is 1. The molecule has 0 bridgehead atoms. The Morgan fingerprint density at radius 2 is 1.54 bits per heavy atom. The molecule has 3 fully saturated rings. The lowest BCUT2D eigenvalue weighted by Crippen LogP contribution is -2.57. The lowest BCUT2D eigenvalue weighted by atomic mass is 9.73. The van der Waals surface area contributed by atoms with Crippen LogP contribution in [0.25, 0.3) is 0 Å². The van der Waals surface area contributed by atoms with Crippen LogP contribution in [0.3, 0.4) is 0 Å². The molecule has 0 aromatic heterocycles. The lowest BCUT2D eigenvalue weighted by Gasteiger charge is -2.43. The number of hydrogen-bond acceptors (Lipinski definition) is 2. The Hall–Kier alpha value is -2.62. The van der Waals surface area contributed by atoms with Gasteiger partial charge in [0, 0.05) is 17.4 Å². The van der Waals surface area contributed by atoms with Gasteiger partial charge in [0.2, 0.25) is 0 Å². The summed E-state index contributed by atoms with van der Waals surface area (Å²) in [7, 11) is 1.72. The summed E-state index contributed by atoms with van der Waals surface area (Å²) in [4.78, 5) is 0. The van der Waals surface area contributed by atoms with E-state index in [9.17, 15) is 0 Å². The number of quaternary nitrogens is 1. The Labute approximate surface area is 210 Å². The predicted molar refractivity (Wildman–Crippen MR) is 140 cm³/mol. The maximum atomic E-state index is 7.21. The van der Waals surface area contributed by atoms with Crippen LogP contribution in [-0.2, 0) is 23.5 Å². The second-order valence-corrected chi connectivity index (χ2v) is 11.5. The van der Waals surface area contributed by atoms with Gasteiger partial charge >= 0.3 is 0 Å². The monoisotopic (exact) mass is 468 g/mol. The van der Waals surface area contributed by atoms with Crippen molar-refractivity contribution in [3.63, 3.8) is 0 Å². The molecule has 0 spiro atoms. The van der Waals surface area contributed by atoms with Gasteiger partial charge in [-0.3, -0.25) is 0 Å². The van der Waals surface area contributed by atoms with Crippen LogP contribution in [0.2, 0.25) is 0 Å². The van der Waals surface area contributed by atoms with E-state index >= 15 is 0 Å². The van der Waals surface area contributed by atoms with Gasteiger partial charge in [-0.25, -0.2) is 0 Å². The molecule has 6 atom stereocenters. The Kier molecular flexibility index (Phi) is 5.54. The molecule has 1 saturated carbocycles. The average molecular weight is 469 g/mol. The quantitative estimate of drug-likeness (QED) is 0.365. The molecular formula is C32H38NO2+. The highest BCUT2D eigenvalue weighted by atomic mass is 16.5. The molecular weight excluding hydrogens is 430 g/mol.